The fraction of sp³-hybridized carbons (Fsp3) is 0. The zero-order valence-corrected chi connectivity index (χ0v) is 47.6. The number of aromatic nitrogens is 9. The summed E-state index contributed by atoms with van der Waals surface area (Å²) in [5.41, 5.74) is 18.9. The fourth-order valence-corrected chi connectivity index (χ4v) is 14.1. The quantitative estimate of drug-likeness (QED) is 0.144. The van der Waals surface area contributed by atoms with Gasteiger partial charge in [0.2, 0.25) is 0 Å². The molecule has 9 aromatic carbocycles. The van der Waals surface area contributed by atoms with Gasteiger partial charge in [-0.1, -0.05) is 97.1 Å². The smallest absolute Gasteiger partial charge is 0.175 e. The highest BCUT2D eigenvalue weighted by molar-refractivity contribution is 6.18. The largest absolute Gasteiger partial charge is 0.306 e. The van der Waals surface area contributed by atoms with Crippen LogP contribution in [0.4, 0.5) is 4.39 Å². The van der Waals surface area contributed by atoms with Gasteiger partial charge in [0.1, 0.15) is 11.4 Å². The van der Waals surface area contributed by atoms with Crippen LogP contribution in [0.1, 0.15) is 0 Å². The first-order valence-electron chi connectivity index (χ1n) is 29.7. The summed E-state index contributed by atoms with van der Waals surface area (Å²) in [7, 11) is 0. The predicted molar refractivity (Wildman–Crippen MR) is 360 cm³/mol. The van der Waals surface area contributed by atoms with Crippen LogP contribution < -0.4 is 0 Å². The molecule has 0 saturated carbocycles. The van der Waals surface area contributed by atoms with E-state index in [2.05, 4.69) is 220 Å². The Morgan fingerprint density at radius 1 is 0.202 bits per heavy atom. The van der Waals surface area contributed by atoms with Gasteiger partial charge in [-0.15, -0.1) is 0 Å². The van der Waals surface area contributed by atoms with Crippen molar-refractivity contribution in [3.63, 3.8) is 0 Å². The van der Waals surface area contributed by atoms with Crippen molar-refractivity contribution in [1.82, 2.24) is 43.2 Å². The highest BCUT2D eigenvalue weighted by atomic mass is 19.1. The van der Waals surface area contributed by atoms with Gasteiger partial charge < -0.3 is 18.3 Å². The van der Waals surface area contributed by atoms with E-state index < -0.39 is 5.82 Å². The molecule has 0 aliphatic carbocycles. The van der Waals surface area contributed by atoms with Gasteiger partial charge in [-0.3, -0.25) is 24.9 Å². The Kier molecular flexibility index (Phi) is 11.3. The molecule has 0 aliphatic rings. The lowest BCUT2D eigenvalue weighted by Crippen LogP contribution is -2.16. The van der Waals surface area contributed by atoms with Gasteiger partial charge in [-0.25, -0.2) is 4.39 Å². The van der Waals surface area contributed by atoms with Crippen LogP contribution in [0.15, 0.2) is 292 Å². The molecule has 0 N–H and O–H groups in total. The summed E-state index contributed by atoms with van der Waals surface area (Å²) in [6.07, 6.45) is 18.4. The van der Waals surface area contributed by atoms with E-state index in [0.717, 1.165) is 143 Å². The summed E-state index contributed by atoms with van der Waals surface area (Å²) in [6, 6.07) is 80.9. The van der Waals surface area contributed by atoms with Crippen LogP contribution in [0.5, 0.6) is 0 Å². The Morgan fingerprint density at radius 2 is 0.427 bits per heavy atom. The number of para-hydroxylation sites is 4. The fourth-order valence-electron chi connectivity index (χ4n) is 14.1. The molecule has 89 heavy (non-hydrogen) atoms. The molecular formula is C79H48FN9. The lowest BCUT2D eigenvalue weighted by Gasteiger charge is -2.28. The van der Waals surface area contributed by atoms with Crippen molar-refractivity contribution in [2.24, 2.45) is 0 Å². The van der Waals surface area contributed by atoms with Crippen LogP contribution in [-0.2, 0) is 0 Å². The molecule has 0 bridgehead atoms. The van der Waals surface area contributed by atoms with Crippen LogP contribution in [0, 0.1) is 5.82 Å². The second-order valence-corrected chi connectivity index (χ2v) is 22.6. The van der Waals surface area contributed by atoms with Crippen LogP contribution in [-0.4, -0.2) is 43.2 Å². The molecule has 0 saturated heterocycles. The molecule has 18 rings (SSSR count). The van der Waals surface area contributed by atoms with Crippen LogP contribution in [0.3, 0.4) is 0 Å². The molecule has 9 nitrogen and oxygen atoms in total. The number of rotatable bonds is 9. The highest BCUT2D eigenvalue weighted by Gasteiger charge is 2.35. The van der Waals surface area contributed by atoms with E-state index in [9.17, 15) is 0 Å². The number of hydrogen-bond acceptors (Lipinski definition) is 5. The maximum absolute atomic E-state index is 21.5. The first-order chi connectivity index (χ1) is 44.1. The Labute approximate surface area is 508 Å². The molecule has 0 spiro atoms. The number of benzene rings is 9. The number of halogens is 1. The summed E-state index contributed by atoms with van der Waals surface area (Å²) in [4.78, 5) is 22.3. The van der Waals surface area contributed by atoms with E-state index in [4.69, 9.17) is 4.98 Å². The van der Waals surface area contributed by atoms with Crippen molar-refractivity contribution < 1.29 is 4.39 Å². The van der Waals surface area contributed by atoms with Gasteiger partial charge in [0, 0.05) is 111 Å². The number of pyridine rings is 5. The third-order valence-electron chi connectivity index (χ3n) is 17.9. The van der Waals surface area contributed by atoms with E-state index in [-0.39, 0.29) is 0 Å². The molecule has 0 fully saturated rings. The first kappa shape index (κ1) is 50.2. The van der Waals surface area contributed by atoms with E-state index in [1.165, 1.54) is 0 Å². The molecule has 0 atom stereocenters. The van der Waals surface area contributed by atoms with Crippen molar-refractivity contribution in [3.05, 3.63) is 298 Å². The third kappa shape index (κ3) is 7.70. The van der Waals surface area contributed by atoms with Gasteiger partial charge >= 0.3 is 0 Å². The minimum Gasteiger partial charge on any atom is -0.306 e. The Hall–Kier alpha value is -12.1. The normalized spacial score (nSPS) is 11.9. The average molecular weight is 1140 g/mol. The second kappa shape index (κ2) is 20.0. The predicted octanol–water partition coefficient (Wildman–Crippen LogP) is 19.5. The molecule has 9 heterocycles. The van der Waals surface area contributed by atoms with E-state index in [1.807, 2.05) is 110 Å². The van der Waals surface area contributed by atoms with Crippen LogP contribution in [0.25, 0.3) is 166 Å². The number of fused-ring (bicyclic) bond motifs is 12. The Morgan fingerprint density at radius 3 is 0.697 bits per heavy atom. The maximum Gasteiger partial charge on any atom is 0.175 e. The molecule has 416 valence electrons. The van der Waals surface area contributed by atoms with E-state index >= 15 is 4.39 Å². The summed E-state index contributed by atoms with van der Waals surface area (Å²) in [5, 5.41) is 8.01. The summed E-state index contributed by atoms with van der Waals surface area (Å²) in [6.45, 7) is 0. The van der Waals surface area contributed by atoms with Crippen molar-refractivity contribution in [3.8, 4) is 78.4 Å². The Bertz CT molecular complexity index is 5210. The van der Waals surface area contributed by atoms with Crippen LogP contribution in [0.2, 0.25) is 0 Å². The minimum absolute atomic E-state index is 0.380. The SMILES string of the molecule is Fc1c(-n2c3ccccc3c3ccccc32)c(-n2c3ccc(-c4ccncc4)cc3c3cc(-c4ccncc4)ccc32)c(-c2ccncc2)c(-n2c3ccc(-c4ccncc4)cc3c3cc(-c4ccncc4)ccc32)c1-n1c2ccccc2c2ccccc21. The molecular weight excluding hydrogens is 1090 g/mol. The van der Waals surface area contributed by atoms with E-state index in [0.29, 0.717) is 22.7 Å². The average Bonchev–Trinajstić information content (AvgIpc) is 1.64. The maximum atomic E-state index is 21.5. The molecule has 0 aliphatic heterocycles. The summed E-state index contributed by atoms with van der Waals surface area (Å²) >= 11 is 0. The highest BCUT2D eigenvalue weighted by Crippen LogP contribution is 2.52. The zero-order chi connectivity index (χ0) is 58.7. The topological polar surface area (TPSA) is 84.2 Å². The zero-order valence-electron chi connectivity index (χ0n) is 47.6. The van der Waals surface area contributed by atoms with Gasteiger partial charge in [0.05, 0.1) is 55.5 Å². The first-order valence-corrected chi connectivity index (χ1v) is 29.7. The van der Waals surface area contributed by atoms with E-state index in [1.54, 1.807) is 0 Å². The monoisotopic (exact) mass is 1140 g/mol. The Balaban J connectivity index is 1.11. The van der Waals surface area contributed by atoms with Crippen LogP contribution >= 0.6 is 0 Å². The molecule has 10 heteroatoms. The van der Waals surface area contributed by atoms with Gasteiger partial charge in [-0.05, 0) is 184 Å². The minimum atomic E-state index is -0.417. The molecule has 9 aromatic heterocycles. The van der Waals surface area contributed by atoms with Gasteiger partial charge in [0.25, 0.3) is 0 Å². The second-order valence-electron chi connectivity index (χ2n) is 22.6. The lowest BCUT2D eigenvalue weighted by molar-refractivity contribution is 0.612. The number of hydrogen-bond donors (Lipinski definition) is 0. The third-order valence-corrected chi connectivity index (χ3v) is 17.9. The van der Waals surface area contributed by atoms with Gasteiger partial charge in [-0.2, -0.15) is 0 Å². The van der Waals surface area contributed by atoms with Crippen molar-refractivity contribution in [2.45, 2.75) is 0 Å². The molecule has 0 amide bonds. The molecule has 0 unspecified atom stereocenters. The van der Waals surface area contributed by atoms with Crippen molar-refractivity contribution in [1.29, 1.82) is 0 Å². The van der Waals surface area contributed by atoms with Crippen molar-refractivity contribution >= 4 is 87.2 Å². The number of nitrogens with zero attached hydrogens (tertiary/aromatic N) is 9. The summed E-state index contributed by atoms with van der Waals surface area (Å²) in [5.74, 6) is -0.417. The molecule has 18 aromatic rings. The summed E-state index contributed by atoms with van der Waals surface area (Å²) < 4.78 is 30.6. The molecule has 0 radical (unpaired) electrons. The lowest BCUT2D eigenvalue weighted by atomic mass is 9.96. The standard InChI is InChI=1S/C79H48FN9/c80-75-78(88-66-13-5-1-9-58(66)59-10-2-6-14-67(59)88)76(86-70-21-17-54(49-25-35-81-36-26-49)45-62(70)63-46-55(18-22-71(63)86)50-27-37-82-38-28-50)74(53-33-43-85-44-34-53)77(79(75)89-68-15-7-3-11-60(68)61-12-4-8-16-69(61)89)87-72-23-19-56(51-29-39-83-40-30-51)47-64(72)65-48-57(20-24-73(65)87)52-31-41-84-42-32-52/h1-48H. The van der Waals surface area contributed by atoms with Gasteiger partial charge in [0.15, 0.2) is 5.82 Å². The van der Waals surface area contributed by atoms with Crippen molar-refractivity contribution in [2.75, 3.05) is 0 Å².